The van der Waals surface area contributed by atoms with Gasteiger partial charge >= 0.3 is 18.5 Å². The molecule has 1 aromatic rings. The number of carboxylic acids is 1. The Kier molecular flexibility index (Phi) is 5.07. The van der Waals surface area contributed by atoms with E-state index in [1.54, 1.807) is 0 Å². The van der Waals surface area contributed by atoms with Crippen LogP contribution < -0.4 is 4.74 Å². The highest BCUT2D eigenvalue weighted by atomic mass is 79.9. The number of pyridine rings is 1. The number of carboxylic acid groups (broad SMARTS) is 1. The minimum Gasteiger partial charge on any atom is -0.481 e. The van der Waals surface area contributed by atoms with Crippen molar-refractivity contribution in [1.82, 2.24) is 4.98 Å². The van der Waals surface area contributed by atoms with Gasteiger partial charge in [-0.2, -0.15) is 13.2 Å². The summed E-state index contributed by atoms with van der Waals surface area (Å²) < 4.78 is 78.5. The van der Waals surface area contributed by atoms with Gasteiger partial charge in [0.1, 0.15) is 5.56 Å². The molecule has 0 unspecified atom stereocenters. The Bertz CT molecular complexity index is 543. The highest BCUT2D eigenvalue weighted by molar-refractivity contribution is 9.08. The fraction of sp³-hybridized carbons (Fsp3) is 0.400. The molecule has 0 aliphatic rings. The van der Waals surface area contributed by atoms with Crippen LogP contribution in [0.15, 0.2) is 6.20 Å². The summed E-state index contributed by atoms with van der Waals surface area (Å²) in [4.78, 5) is 13.9. The average Bonchev–Trinajstić information content (AvgIpc) is 2.26. The first-order valence-corrected chi connectivity index (χ1v) is 6.19. The minimum absolute atomic E-state index is 0.209. The summed E-state index contributed by atoms with van der Waals surface area (Å²) in [6.45, 7) is 0. The van der Waals surface area contributed by atoms with E-state index in [1.165, 1.54) is 0 Å². The van der Waals surface area contributed by atoms with Crippen LogP contribution in [0.5, 0.6) is 5.75 Å². The predicted octanol–water partition coefficient (Wildman–Crippen LogP) is 3.52. The normalized spacial score (nSPS) is 12.3. The average molecular weight is 382 g/mol. The molecule has 1 rings (SSSR count). The maximum Gasteiger partial charge on any atom is 0.573 e. The molecular formula is C10H6BrF6NO3. The van der Waals surface area contributed by atoms with Crippen molar-refractivity contribution in [3.05, 3.63) is 23.0 Å². The predicted molar refractivity (Wildman–Crippen MR) is 59.9 cm³/mol. The molecule has 11 heteroatoms. The maximum atomic E-state index is 12.9. The highest BCUT2D eigenvalue weighted by Gasteiger charge is 2.42. The second-order valence-electron chi connectivity index (χ2n) is 3.67. The number of alkyl halides is 7. The van der Waals surface area contributed by atoms with E-state index in [-0.39, 0.29) is 6.20 Å². The molecular weight excluding hydrogens is 376 g/mol. The van der Waals surface area contributed by atoms with E-state index in [9.17, 15) is 31.1 Å². The molecule has 0 spiro atoms. The molecule has 1 N–H and O–H groups in total. The van der Waals surface area contributed by atoms with Crippen LogP contribution in [0.1, 0.15) is 16.8 Å². The van der Waals surface area contributed by atoms with Crippen molar-refractivity contribution < 1.29 is 41.0 Å². The summed E-state index contributed by atoms with van der Waals surface area (Å²) in [5.74, 6) is -3.00. The standard InChI is InChI=1S/C10H6BrF6NO3/c11-2-4-5(1-7(19)20)18-3-6(21-10(15,16)17)8(4)9(12,13)14/h3H,1-2H2,(H,19,20). The molecule has 118 valence electrons. The van der Waals surface area contributed by atoms with Crippen molar-refractivity contribution in [2.75, 3.05) is 0 Å². The zero-order chi connectivity index (χ0) is 16.4. The first-order chi connectivity index (χ1) is 9.45. The maximum absolute atomic E-state index is 12.9. The Morgan fingerprint density at radius 2 is 1.86 bits per heavy atom. The lowest BCUT2D eigenvalue weighted by atomic mass is 10.0. The molecule has 0 bridgehead atoms. The summed E-state index contributed by atoms with van der Waals surface area (Å²) in [5.41, 5.74) is -2.92. The van der Waals surface area contributed by atoms with Gasteiger partial charge < -0.3 is 9.84 Å². The molecule has 0 atom stereocenters. The summed E-state index contributed by atoms with van der Waals surface area (Å²) in [5, 5.41) is 8.05. The number of hydrogen-bond donors (Lipinski definition) is 1. The zero-order valence-corrected chi connectivity index (χ0v) is 11.4. The summed E-state index contributed by atoms with van der Waals surface area (Å²) in [6, 6.07) is 0. The fourth-order valence-corrected chi connectivity index (χ4v) is 2.13. The van der Waals surface area contributed by atoms with Crippen LogP contribution in [0.25, 0.3) is 0 Å². The third kappa shape index (κ3) is 4.76. The van der Waals surface area contributed by atoms with Crippen LogP contribution >= 0.6 is 15.9 Å². The molecule has 1 heterocycles. The lowest BCUT2D eigenvalue weighted by Gasteiger charge is -2.19. The van der Waals surface area contributed by atoms with Gasteiger partial charge in [-0.15, -0.1) is 13.2 Å². The molecule has 0 aliphatic heterocycles. The van der Waals surface area contributed by atoms with Crippen LogP contribution in [0.3, 0.4) is 0 Å². The number of halogens is 7. The van der Waals surface area contributed by atoms with E-state index >= 15 is 0 Å². The van der Waals surface area contributed by atoms with E-state index in [4.69, 9.17) is 5.11 Å². The van der Waals surface area contributed by atoms with Crippen LogP contribution in [0.2, 0.25) is 0 Å². The van der Waals surface area contributed by atoms with Crippen LogP contribution in [-0.2, 0) is 22.7 Å². The van der Waals surface area contributed by atoms with Gasteiger partial charge in [-0.25, -0.2) is 0 Å². The van der Waals surface area contributed by atoms with Crippen molar-refractivity contribution in [3.63, 3.8) is 0 Å². The molecule has 0 aromatic carbocycles. The summed E-state index contributed by atoms with van der Waals surface area (Å²) in [7, 11) is 0. The highest BCUT2D eigenvalue weighted by Crippen LogP contribution is 2.41. The topological polar surface area (TPSA) is 59.4 Å². The van der Waals surface area contributed by atoms with E-state index in [1.807, 2.05) is 0 Å². The molecule has 0 radical (unpaired) electrons. The van der Waals surface area contributed by atoms with E-state index in [0.717, 1.165) is 0 Å². The largest absolute Gasteiger partial charge is 0.573 e. The van der Waals surface area contributed by atoms with Gasteiger partial charge in [0.25, 0.3) is 0 Å². The second-order valence-corrected chi connectivity index (χ2v) is 4.23. The molecule has 0 saturated heterocycles. The zero-order valence-electron chi connectivity index (χ0n) is 9.85. The molecule has 0 saturated carbocycles. The number of aromatic nitrogens is 1. The van der Waals surface area contributed by atoms with Crippen molar-refractivity contribution in [1.29, 1.82) is 0 Å². The lowest BCUT2D eigenvalue weighted by molar-refractivity contribution is -0.276. The Morgan fingerprint density at radius 1 is 1.29 bits per heavy atom. The van der Waals surface area contributed by atoms with Crippen molar-refractivity contribution in [2.45, 2.75) is 24.3 Å². The minimum atomic E-state index is -5.33. The smallest absolute Gasteiger partial charge is 0.481 e. The first kappa shape index (κ1) is 17.5. The lowest BCUT2D eigenvalue weighted by Crippen LogP contribution is -2.22. The molecule has 0 aliphatic carbocycles. The van der Waals surface area contributed by atoms with E-state index < -0.39 is 52.8 Å². The molecule has 0 fully saturated rings. The van der Waals surface area contributed by atoms with Gasteiger partial charge in [-0.05, 0) is 0 Å². The van der Waals surface area contributed by atoms with Crippen molar-refractivity contribution in [3.8, 4) is 5.75 Å². The monoisotopic (exact) mass is 381 g/mol. The number of nitrogens with zero attached hydrogens (tertiary/aromatic N) is 1. The number of rotatable bonds is 4. The van der Waals surface area contributed by atoms with Crippen molar-refractivity contribution in [2.24, 2.45) is 0 Å². The van der Waals surface area contributed by atoms with Crippen LogP contribution in [0.4, 0.5) is 26.3 Å². The van der Waals surface area contributed by atoms with E-state index in [2.05, 4.69) is 25.7 Å². The van der Waals surface area contributed by atoms with Crippen molar-refractivity contribution >= 4 is 21.9 Å². The molecule has 4 nitrogen and oxygen atoms in total. The van der Waals surface area contributed by atoms with Gasteiger partial charge in [0.05, 0.1) is 18.3 Å². The van der Waals surface area contributed by atoms with Gasteiger partial charge in [0.15, 0.2) is 5.75 Å². The van der Waals surface area contributed by atoms with Gasteiger partial charge in [-0.3, -0.25) is 9.78 Å². The SMILES string of the molecule is O=C(O)Cc1ncc(OC(F)(F)F)c(C(F)(F)F)c1CBr. The molecule has 0 amide bonds. The van der Waals surface area contributed by atoms with Gasteiger partial charge in [0.2, 0.25) is 0 Å². The Hall–Kier alpha value is -1.52. The third-order valence-corrected chi connectivity index (χ3v) is 2.76. The number of carbonyl (C=O) groups is 1. The molecule has 1 aromatic heterocycles. The Labute approximate surface area is 121 Å². The first-order valence-electron chi connectivity index (χ1n) is 5.07. The number of ether oxygens (including phenoxy) is 1. The van der Waals surface area contributed by atoms with Crippen LogP contribution in [-0.4, -0.2) is 22.4 Å². The number of aliphatic carboxylic acids is 1. The third-order valence-electron chi connectivity index (χ3n) is 2.20. The number of hydrogen-bond acceptors (Lipinski definition) is 3. The molecule has 21 heavy (non-hydrogen) atoms. The Morgan fingerprint density at radius 3 is 2.24 bits per heavy atom. The quantitative estimate of drug-likeness (QED) is 0.640. The van der Waals surface area contributed by atoms with Gasteiger partial charge in [-0.1, -0.05) is 15.9 Å². The Balaban J connectivity index is 3.50. The van der Waals surface area contributed by atoms with Gasteiger partial charge in [0, 0.05) is 10.9 Å². The van der Waals surface area contributed by atoms with E-state index in [0.29, 0.717) is 0 Å². The summed E-state index contributed by atoms with van der Waals surface area (Å²) >= 11 is 2.69. The fourth-order valence-electron chi connectivity index (χ4n) is 1.52. The van der Waals surface area contributed by atoms with Crippen LogP contribution in [0, 0.1) is 0 Å². The second kappa shape index (κ2) is 6.08. The summed E-state index contributed by atoms with van der Waals surface area (Å²) in [6.07, 6.45) is -11.2.